The van der Waals surface area contributed by atoms with Crippen molar-refractivity contribution in [3.63, 3.8) is 0 Å². The highest BCUT2D eigenvalue weighted by molar-refractivity contribution is 6.30. The van der Waals surface area contributed by atoms with E-state index in [1.807, 2.05) is 0 Å². The third-order valence-electron chi connectivity index (χ3n) is 3.14. The largest absolute Gasteiger partial charge is 0.454 e. The van der Waals surface area contributed by atoms with E-state index in [0.717, 1.165) is 6.07 Å². The minimum atomic E-state index is -0.954. The van der Waals surface area contributed by atoms with Crippen LogP contribution in [0.25, 0.3) is 0 Å². The zero-order chi connectivity index (χ0) is 17.1. The van der Waals surface area contributed by atoms with Gasteiger partial charge in [0.05, 0.1) is 5.56 Å². The van der Waals surface area contributed by atoms with Gasteiger partial charge >= 0.3 is 5.97 Å². The van der Waals surface area contributed by atoms with Gasteiger partial charge in [0.25, 0.3) is 5.91 Å². The third kappa shape index (κ3) is 3.57. The van der Waals surface area contributed by atoms with E-state index in [-0.39, 0.29) is 17.4 Å². The van der Waals surface area contributed by atoms with Crippen molar-refractivity contribution in [2.24, 2.45) is 0 Å². The molecule has 8 heteroatoms. The highest BCUT2D eigenvalue weighted by Gasteiger charge is 2.17. The summed E-state index contributed by atoms with van der Waals surface area (Å²) in [7, 11) is 0. The van der Waals surface area contributed by atoms with Gasteiger partial charge in [-0.15, -0.1) is 0 Å². The third-order valence-corrected chi connectivity index (χ3v) is 3.38. The zero-order valence-electron chi connectivity index (χ0n) is 12.2. The topological polar surface area (TPSA) is 73.9 Å². The number of hydrogen-bond acceptors (Lipinski definition) is 5. The number of nitrogens with one attached hydrogen (secondary N) is 1. The van der Waals surface area contributed by atoms with Crippen LogP contribution in [0.1, 0.15) is 10.4 Å². The first-order chi connectivity index (χ1) is 11.5. The molecule has 0 atom stereocenters. The minimum absolute atomic E-state index is 0.122. The monoisotopic (exact) mass is 351 g/mol. The van der Waals surface area contributed by atoms with E-state index in [4.69, 9.17) is 25.8 Å². The van der Waals surface area contributed by atoms with E-state index in [1.54, 1.807) is 18.2 Å². The molecule has 2 aromatic rings. The Labute approximate surface area is 141 Å². The van der Waals surface area contributed by atoms with E-state index in [2.05, 4.69) is 5.32 Å². The summed E-state index contributed by atoms with van der Waals surface area (Å²) in [6.45, 7) is -0.438. The number of rotatable bonds is 4. The molecule has 1 heterocycles. The Bertz CT molecular complexity index is 811. The van der Waals surface area contributed by atoms with E-state index < -0.39 is 24.3 Å². The summed E-state index contributed by atoms with van der Waals surface area (Å²) >= 11 is 5.60. The Morgan fingerprint density at radius 1 is 1.17 bits per heavy atom. The molecule has 0 aliphatic carbocycles. The van der Waals surface area contributed by atoms with Gasteiger partial charge in [-0.2, -0.15) is 0 Å². The minimum Gasteiger partial charge on any atom is -0.454 e. The van der Waals surface area contributed by atoms with Crippen LogP contribution < -0.4 is 14.8 Å². The lowest BCUT2D eigenvalue weighted by atomic mass is 10.2. The predicted molar refractivity (Wildman–Crippen MR) is 82.9 cm³/mol. The van der Waals surface area contributed by atoms with Gasteiger partial charge in [-0.3, -0.25) is 4.79 Å². The number of esters is 1. The van der Waals surface area contributed by atoms with Crippen molar-refractivity contribution >= 4 is 29.2 Å². The lowest BCUT2D eigenvalue weighted by Gasteiger charge is -2.08. The van der Waals surface area contributed by atoms with Crippen LogP contribution in [-0.2, 0) is 9.53 Å². The molecule has 1 N–H and O–H groups in total. The second-order valence-electron chi connectivity index (χ2n) is 4.82. The van der Waals surface area contributed by atoms with E-state index in [0.29, 0.717) is 17.2 Å². The number of carbonyl (C=O) groups excluding carboxylic acids is 2. The molecule has 24 heavy (non-hydrogen) atoms. The summed E-state index contributed by atoms with van der Waals surface area (Å²) in [6, 6.07) is 8.38. The molecule has 2 aromatic carbocycles. The van der Waals surface area contributed by atoms with Gasteiger partial charge in [-0.05, 0) is 30.3 Å². The van der Waals surface area contributed by atoms with Gasteiger partial charge in [0.1, 0.15) is 5.82 Å². The summed E-state index contributed by atoms with van der Waals surface area (Å²) in [5.41, 5.74) is 0.160. The first-order valence-corrected chi connectivity index (χ1v) is 7.22. The molecule has 1 aliphatic heterocycles. The van der Waals surface area contributed by atoms with Gasteiger partial charge in [0.2, 0.25) is 6.79 Å². The van der Waals surface area contributed by atoms with Crippen LogP contribution in [0.3, 0.4) is 0 Å². The molecule has 1 amide bonds. The SMILES string of the molecule is O=C(COC(=O)c1ccc(Cl)cc1F)Nc1ccc2c(c1)OCO2. The molecule has 6 nitrogen and oxygen atoms in total. The van der Waals surface area contributed by atoms with Gasteiger partial charge in [-0.25, -0.2) is 9.18 Å². The maximum absolute atomic E-state index is 13.6. The highest BCUT2D eigenvalue weighted by atomic mass is 35.5. The Balaban J connectivity index is 1.56. The number of ether oxygens (including phenoxy) is 3. The maximum atomic E-state index is 13.6. The van der Waals surface area contributed by atoms with Crippen LogP contribution in [0.5, 0.6) is 11.5 Å². The molecule has 124 valence electrons. The molecule has 0 spiro atoms. The van der Waals surface area contributed by atoms with Crippen molar-refractivity contribution in [3.8, 4) is 11.5 Å². The highest BCUT2D eigenvalue weighted by Crippen LogP contribution is 2.34. The first kappa shape index (κ1) is 16.1. The van der Waals surface area contributed by atoms with Gasteiger partial charge < -0.3 is 19.5 Å². The lowest BCUT2D eigenvalue weighted by molar-refractivity contribution is -0.119. The van der Waals surface area contributed by atoms with Crippen molar-refractivity contribution < 1.29 is 28.2 Å². The zero-order valence-corrected chi connectivity index (χ0v) is 12.9. The average Bonchev–Trinajstić information content (AvgIpc) is 3.00. The molecule has 0 unspecified atom stereocenters. The normalized spacial score (nSPS) is 11.9. The number of halogens is 2. The second-order valence-corrected chi connectivity index (χ2v) is 5.25. The van der Waals surface area contributed by atoms with Crippen molar-refractivity contribution in [1.29, 1.82) is 0 Å². The fourth-order valence-electron chi connectivity index (χ4n) is 2.04. The van der Waals surface area contributed by atoms with Crippen molar-refractivity contribution in [3.05, 3.63) is 52.8 Å². The predicted octanol–water partition coefficient (Wildman–Crippen LogP) is 3.00. The molecular formula is C16H11ClFNO5. The van der Waals surface area contributed by atoms with Crippen LogP contribution in [0.2, 0.25) is 5.02 Å². The molecular weight excluding hydrogens is 341 g/mol. The summed E-state index contributed by atoms with van der Waals surface area (Å²) < 4.78 is 28.7. The van der Waals surface area contributed by atoms with E-state index in [9.17, 15) is 14.0 Å². The fourth-order valence-corrected chi connectivity index (χ4v) is 2.19. The Hall–Kier alpha value is -2.80. The van der Waals surface area contributed by atoms with Crippen LogP contribution in [-0.4, -0.2) is 25.3 Å². The Morgan fingerprint density at radius 3 is 2.75 bits per heavy atom. The Kier molecular flexibility index (Phi) is 4.52. The van der Waals surface area contributed by atoms with Gasteiger partial charge in [-0.1, -0.05) is 11.6 Å². The number of benzene rings is 2. The first-order valence-electron chi connectivity index (χ1n) is 6.84. The maximum Gasteiger partial charge on any atom is 0.341 e. The van der Waals surface area contributed by atoms with Gasteiger partial charge in [0, 0.05) is 16.8 Å². The number of amides is 1. The lowest BCUT2D eigenvalue weighted by Crippen LogP contribution is -2.21. The van der Waals surface area contributed by atoms with Crippen LogP contribution in [0.15, 0.2) is 36.4 Å². The summed E-state index contributed by atoms with van der Waals surface area (Å²) in [4.78, 5) is 23.6. The molecule has 0 aromatic heterocycles. The average molecular weight is 352 g/mol. The van der Waals surface area contributed by atoms with Crippen LogP contribution >= 0.6 is 11.6 Å². The molecule has 0 saturated heterocycles. The summed E-state index contributed by atoms with van der Waals surface area (Å²) in [5.74, 6) is -1.25. The summed E-state index contributed by atoms with van der Waals surface area (Å²) in [6.07, 6.45) is 0. The van der Waals surface area contributed by atoms with Crippen LogP contribution in [0, 0.1) is 5.82 Å². The van der Waals surface area contributed by atoms with E-state index in [1.165, 1.54) is 12.1 Å². The molecule has 0 saturated carbocycles. The standard InChI is InChI=1S/C16H11ClFNO5/c17-9-1-3-11(12(18)5-9)16(21)22-7-15(20)19-10-2-4-13-14(6-10)24-8-23-13/h1-6H,7-8H2,(H,19,20). The number of carbonyl (C=O) groups is 2. The fraction of sp³-hybridized carbons (Fsp3) is 0.125. The van der Waals surface area contributed by atoms with Gasteiger partial charge in [0.15, 0.2) is 18.1 Å². The Morgan fingerprint density at radius 2 is 1.96 bits per heavy atom. The quantitative estimate of drug-likeness (QED) is 0.857. The molecule has 0 radical (unpaired) electrons. The second kappa shape index (κ2) is 6.76. The van der Waals surface area contributed by atoms with E-state index >= 15 is 0 Å². The van der Waals surface area contributed by atoms with Crippen molar-refractivity contribution in [2.75, 3.05) is 18.7 Å². The van der Waals surface area contributed by atoms with Crippen molar-refractivity contribution in [2.45, 2.75) is 0 Å². The summed E-state index contributed by atoms with van der Waals surface area (Å²) in [5, 5.41) is 2.69. The smallest absolute Gasteiger partial charge is 0.341 e. The number of hydrogen-bond donors (Lipinski definition) is 1. The number of anilines is 1. The molecule has 0 bridgehead atoms. The molecule has 1 aliphatic rings. The van der Waals surface area contributed by atoms with Crippen LogP contribution in [0.4, 0.5) is 10.1 Å². The molecule has 3 rings (SSSR count). The number of fused-ring (bicyclic) bond motifs is 1. The molecule has 0 fully saturated rings. The van der Waals surface area contributed by atoms with Crippen molar-refractivity contribution in [1.82, 2.24) is 0 Å².